The van der Waals surface area contributed by atoms with Crippen LogP contribution in [0.3, 0.4) is 0 Å². The van der Waals surface area contributed by atoms with E-state index < -0.39 is 35.8 Å². The lowest BCUT2D eigenvalue weighted by Crippen LogP contribution is -1.99. The van der Waals surface area contributed by atoms with Gasteiger partial charge in [-0.25, -0.2) is 0 Å². The molecule has 0 saturated heterocycles. The first kappa shape index (κ1) is 18.8. The monoisotopic (exact) mass is 409 g/mol. The first-order valence-electron chi connectivity index (χ1n) is 7.15. The van der Waals surface area contributed by atoms with E-state index >= 15 is 0 Å². The summed E-state index contributed by atoms with van der Waals surface area (Å²) in [7, 11) is -9.09. The minimum atomic E-state index is -4.64. The number of fused-ring (bicyclic) bond motifs is 1. The number of hydrogen-bond acceptors (Lipinski definition) is 8. The predicted octanol–water partition coefficient (Wildman–Crippen LogP) is 2.85. The molecule has 140 valence electrons. The third-order valence-corrected chi connectivity index (χ3v) is 5.22. The van der Waals surface area contributed by atoms with Crippen LogP contribution in [0.2, 0.25) is 0 Å². The number of benzene rings is 2. The Morgan fingerprint density at radius 3 is 2.30 bits per heavy atom. The van der Waals surface area contributed by atoms with E-state index in [-0.39, 0.29) is 22.3 Å². The van der Waals surface area contributed by atoms with Gasteiger partial charge < -0.3 is 5.11 Å². The van der Waals surface area contributed by atoms with Gasteiger partial charge in [0.1, 0.15) is 16.1 Å². The van der Waals surface area contributed by atoms with Crippen molar-refractivity contribution in [2.24, 2.45) is 10.2 Å². The summed E-state index contributed by atoms with van der Waals surface area (Å²) in [5.41, 5.74) is -0.418. The van der Waals surface area contributed by atoms with Gasteiger partial charge in [-0.1, -0.05) is 6.07 Å². The zero-order valence-electron chi connectivity index (χ0n) is 13.3. The highest BCUT2D eigenvalue weighted by Crippen LogP contribution is 2.38. The summed E-state index contributed by atoms with van der Waals surface area (Å²) in [5.74, 6) is -0.479. The second-order valence-corrected chi connectivity index (χ2v) is 8.10. The molecular formula is C15H11N3O7S2. The summed E-state index contributed by atoms with van der Waals surface area (Å²) in [6.45, 7) is 0. The van der Waals surface area contributed by atoms with E-state index in [1.54, 1.807) is 0 Å². The van der Waals surface area contributed by atoms with Crippen LogP contribution < -0.4 is 0 Å². The molecule has 12 heteroatoms. The van der Waals surface area contributed by atoms with Gasteiger partial charge in [-0.05, 0) is 36.4 Å². The molecule has 0 saturated carbocycles. The molecule has 0 radical (unpaired) electrons. The van der Waals surface area contributed by atoms with Crippen LogP contribution in [0, 0.1) is 0 Å². The van der Waals surface area contributed by atoms with Crippen molar-refractivity contribution in [2.45, 2.75) is 9.79 Å². The molecule has 27 heavy (non-hydrogen) atoms. The Kier molecular flexibility index (Phi) is 4.65. The molecule has 3 rings (SSSR count). The van der Waals surface area contributed by atoms with Gasteiger partial charge in [0.15, 0.2) is 5.75 Å². The molecule has 0 atom stereocenters. The van der Waals surface area contributed by atoms with Crippen LogP contribution in [-0.2, 0) is 20.2 Å². The van der Waals surface area contributed by atoms with Crippen LogP contribution >= 0.6 is 0 Å². The molecule has 10 nitrogen and oxygen atoms in total. The van der Waals surface area contributed by atoms with Crippen LogP contribution in [0.25, 0.3) is 10.9 Å². The SMILES string of the molecule is O=S(=O)(O)c1cccc(N=Nc2cc(S(=O)(=O)O)c3cccnc3c2O)c1. The van der Waals surface area contributed by atoms with Crippen LogP contribution in [0.5, 0.6) is 5.75 Å². The molecular weight excluding hydrogens is 398 g/mol. The van der Waals surface area contributed by atoms with E-state index in [1.165, 1.54) is 30.5 Å². The standard InChI is InChI=1S/C15H11N3O7S2/c19-15-12(18-17-9-3-1-4-10(7-9)26(20,21)22)8-13(27(23,24)25)11-5-2-6-16-14(11)15/h1-8,19H,(H,20,21,22)(H,23,24,25). The summed E-state index contributed by atoms with van der Waals surface area (Å²) in [5, 5.41) is 17.7. The molecule has 3 N–H and O–H groups in total. The van der Waals surface area contributed by atoms with E-state index in [4.69, 9.17) is 4.55 Å². The summed E-state index contributed by atoms with van der Waals surface area (Å²) in [6.07, 6.45) is 1.31. The van der Waals surface area contributed by atoms with E-state index in [9.17, 15) is 26.5 Å². The van der Waals surface area contributed by atoms with Crippen LogP contribution in [-0.4, -0.2) is 36.0 Å². The van der Waals surface area contributed by atoms with Gasteiger partial charge in [0.05, 0.1) is 10.6 Å². The van der Waals surface area contributed by atoms with Gasteiger partial charge in [-0.3, -0.25) is 14.1 Å². The highest BCUT2D eigenvalue weighted by molar-refractivity contribution is 7.86. The average molecular weight is 409 g/mol. The first-order chi connectivity index (χ1) is 12.6. The molecule has 3 aromatic rings. The Morgan fingerprint density at radius 1 is 0.889 bits per heavy atom. The zero-order valence-corrected chi connectivity index (χ0v) is 14.9. The van der Waals surface area contributed by atoms with Crippen molar-refractivity contribution in [2.75, 3.05) is 0 Å². The third-order valence-electron chi connectivity index (χ3n) is 3.47. The molecule has 0 spiro atoms. The lowest BCUT2D eigenvalue weighted by molar-refractivity contribution is 0.477. The normalized spacial score (nSPS) is 12.7. The van der Waals surface area contributed by atoms with E-state index in [2.05, 4.69) is 15.2 Å². The largest absolute Gasteiger partial charge is 0.504 e. The second-order valence-electron chi connectivity index (χ2n) is 5.29. The molecule has 0 amide bonds. The number of pyridine rings is 1. The molecule has 2 aromatic carbocycles. The molecule has 1 aromatic heterocycles. The molecule has 0 aliphatic rings. The summed E-state index contributed by atoms with van der Waals surface area (Å²) in [4.78, 5) is 2.94. The topological polar surface area (TPSA) is 167 Å². The third kappa shape index (κ3) is 3.93. The van der Waals surface area contributed by atoms with Gasteiger partial charge in [0.25, 0.3) is 20.2 Å². The van der Waals surface area contributed by atoms with Crippen LogP contribution in [0.1, 0.15) is 0 Å². The molecule has 0 aliphatic heterocycles. The Balaban J connectivity index is 2.16. The second kappa shape index (κ2) is 6.66. The van der Waals surface area contributed by atoms with Gasteiger partial charge in [-0.15, -0.1) is 5.11 Å². The van der Waals surface area contributed by atoms with Crippen molar-refractivity contribution in [3.8, 4) is 5.75 Å². The summed E-state index contributed by atoms with van der Waals surface area (Å²) < 4.78 is 64.0. The number of nitrogens with zero attached hydrogens (tertiary/aromatic N) is 3. The van der Waals surface area contributed by atoms with Gasteiger partial charge >= 0.3 is 0 Å². The summed E-state index contributed by atoms with van der Waals surface area (Å²) in [6, 6.07) is 8.53. The first-order valence-corrected chi connectivity index (χ1v) is 10.0. The Hall–Kier alpha value is -2.93. The van der Waals surface area contributed by atoms with Gasteiger partial charge in [0, 0.05) is 11.6 Å². The fourth-order valence-corrected chi connectivity index (χ4v) is 3.52. The molecule has 0 fully saturated rings. The van der Waals surface area contributed by atoms with Crippen molar-refractivity contribution in [3.63, 3.8) is 0 Å². The van der Waals surface area contributed by atoms with Crippen molar-refractivity contribution >= 4 is 42.5 Å². The van der Waals surface area contributed by atoms with E-state index in [1.807, 2.05) is 0 Å². The van der Waals surface area contributed by atoms with Crippen molar-refractivity contribution < 1.29 is 31.0 Å². The lowest BCUT2D eigenvalue weighted by atomic mass is 10.2. The Bertz CT molecular complexity index is 1290. The molecule has 0 bridgehead atoms. The number of rotatable bonds is 4. The highest BCUT2D eigenvalue weighted by atomic mass is 32.2. The minimum Gasteiger partial charge on any atom is -0.504 e. The van der Waals surface area contributed by atoms with Crippen molar-refractivity contribution in [1.29, 1.82) is 0 Å². The van der Waals surface area contributed by atoms with E-state index in [0.717, 1.165) is 18.2 Å². The van der Waals surface area contributed by atoms with Crippen molar-refractivity contribution in [1.82, 2.24) is 4.98 Å². The number of azo groups is 1. The molecule has 0 unspecified atom stereocenters. The number of aromatic nitrogens is 1. The summed E-state index contributed by atoms with van der Waals surface area (Å²) >= 11 is 0. The maximum absolute atomic E-state index is 11.6. The Morgan fingerprint density at radius 2 is 1.63 bits per heavy atom. The number of phenolic OH excluding ortho intramolecular Hbond substituents is 1. The number of aromatic hydroxyl groups is 1. The van der Waals surface area contributed by atoms with E-state index in [0.29, 0.717) is 0 Å². The van der Waals surface area contributed by atoms with Gasteiger partial charge in [0.2, 0.25) is 0 Å². The quantitative estimate of drug-likeness (QED) is 0.437. The molecule has 0 aliphatic carbocycles. The lowest BCUT2D eigenvalue weighted by Gasteiger charge is -2.07. The maximum Gasteiger partial charge on any atom is 0.295 e. The van der Waals surface area contributed by atoms with Crippen LogP contribution in [0.4, 0.5) is 11.4 Å². The van der Waals surface area contributed by atoms with Gasteiger partial charge in [-0.2, -0.15) is 21.9 Å². The van der Waals surface area contributed by atoms with Crippen LogP contribution in [0.15, 0.2) is 68.7 Å². The fourth-order valence-electron chi connectivity index (χ4n) is 2.29. The maximum atomic E-state index is 11.6. The Labute approximate surface area is 153 Å². The minimum absolute atomic E-state index is 0.00942. The average Bonchev–Trinajstić information content (AvgIpc) is 2.60. The molecule has 1 heterocycles. The van der Waals surface area contributed by atoms with Crippen molar-refractivity contribution in [3.05, 3.63) is 48.7 Å². The zero-order chi connectivity index (χ0) is 19.8. The number of phenols is 1. The smallest absolute Gasteiger partial charge is 0.295 e. The highest BCUT2D eigenvalue weighted by Gasteiger charge is 2.20. The fraction of sp³-hybridized carbons (Fsp3) is 0. The number of hydrogen-bond donors (Lipinski definition) is 3. The predicted molar refractivity (Wildman–Crippen MR) is 93.7 cm³/mol.